The van der Waals surface area contributed by atoms with E-state index in [9.17, 15) is 0 Å². The van der Waals surface area contributed by atoms with Crippen molar-refractivity contribution in [2.75, 3.05) is 9.80 Å². The van der Waals surface area contributed by atoms with E-state index in [0.29, 0.717) is 0 Å². The van der Waals surface area contributed by atoms with Crippen LogP contribution in [0, 0.1) is 0 Å². The summed E-state index contributed by atoms with van der Waals surface area (Å²) in [6.45, 7) is 0. The molecule has 72 heavy (non-hydrogen) atoms. The van der Waals surface area contributed by atoms with Crippen LogP contribution in [0.15, 0.2) is 279 Å². The molecule has 13 aromatic rings. The first-order valence-corrected chi connectivity index (χ1v) is 24.8. The first-order chi connectivity index (χ1) is 35.8. The van der Waals surface area contributed by atoms with Crippen LogP contribution in [0.1, 0.15) is 0 Å². The summed E-state index contributed by atoms with van der Waals surface area (Å²) >= 11 is 0. The lowest BCUT2D eigenvalue weighted by molar-refractivity contribution is 1.17. The van der Waals surface area contributed by atoms with Crippen molar-refractivity contribution in [2.45, 2.75) is 0 Å². The topological polar surface area (TPSA) is 6.48 Å². The highest BCUT2D eigenvalue weighted by Crippen LogP contribution is 2.55. The van der Waals surface area contributed by atoms with Gasteiger partial charge in [0.1, 0.15) is 0 Å². The van der Waals surface area contributed by atoms with Gasteiger partial charge in [0.2, 0.25) is 0 Å². The lowest BCUT2D eigenvalue weighted by Gasteiger charge is -2.40. The lowest BCUT2D eigenvalue weighted by atomic mass is 9.83. The zero-order chi connectivity index (χ0) is 47.5. The molecule has 0 atom stereocenters. The first kappa shape index (κ1) is 41.5. The van der Waals surface area contributed by atoms with Gasteiger partial charge in [0, 0.05) is 11.4 Å². The quantitative estimate of drug-likeness (QED) is 0.147. The van der Waals surface area contributed by atoms with E-state index >= 15 is 0 Å². The molecular formula is C70H46N2. The number of hydrogen-bond acceptors (Lipinski definition) is 2. The number of fused-ring (bicyclic) bond motifs is 6. The van der Waals surface area contributed by atoms with Gasteiger partial charge < -0.3 is 9.80 Å². The van der Waals surface area contributed by atoms with Gasteiger partial charge in [-0.2, -0.15) is 0 Å². The number of nitrogens with zero attached hydrogens (tertiary/aromatic N) is 2. The van der Waals surface area contributed by atoms with Crippen LogP contribution in [0.5, 0.6) is 0 Å². The summed E-state index contributed by atoms with van der Waals surface area (Å²) in [7, 11) is 0. The molecule has 0 saturated carbocycles. The monoisotopic (exact) mass is 914 g/mol. The second-order valence-electron chi connectivity index (χ2n) is 18.7. The Balaban J connectivity index is 0.882. The maximum absolute atomic E-state index is 2.40. The van der Waals surface area contributed by atoms with Gasteiger partial charge in [0.05, 0.1) is 22.7 Å². The SMILES string of the molecule is c1ccc(-c2ccccc2-c2c3ccccc3c(-c3ccc(-c4c5ccccc5c(-c5ccc(N6c7ccccc7N(c7ccccc7)c7ccccc76)cc5)c5ccccc45)cc3)c3ccccc23)cc1. The van der Waals surface area contributed by atoms with Crippen LogP contribution >= 0.6 is 0 Å². The molecule has 13 aromatic carbocycles. The predicted octanol–water partition coefficient (Wildman–Crippen LogP) is 19.9. The average molecular weight is 915 g/mol. The average Bonchev–Trinajstić information content (AvgIpc) is 3.46. The Morgan fingerprint density at radius 2 is 0.431 bits per heavy atom. The van der Waals surface area contributed by atoms with Crippen LogP contribution in [0.3, 0.4) is 0 Å². The molecule has 336 valence electrons. The normalized spacial score (nSPS) is 12.1. The Morgan fingerprint density at radius 1 is 0.167 bits per heavy atom. The maximum atomic E-state index is 2.40. The van der Waals surface area contributed by atoms with E-state index in [-0.39, 0.29) is 0 Å². The van der Waals surface area contributed by atoms with Crippen molar-refractivity contribution in [1.29, 1.82) is 0 Å². The van der Waals surface area contributed by atoms with Gasteiger partial charge in [-0.15, -0.1) is 0 Å². The summed E-state index contributed by atoms with van der Waals surface area (Å²) in [5.41, 5.74) is 19.1. The third kappa shape index (κ3) is 6.65. The Bertz CT molecular complexity index is 4040. The fourth-order valence-corrected chi connectivity index (χ4v) is 11.7. The molecule has 1 aliphatic rings. The Labute approximate surface area is 419 Å². The Hall–Kier alpha value is -9.50. The van der Waals surface area contributed by atoms with Crippen molar-refractivity contribution in [1.82, 2.24) is 0 Å². The zero-order valence-corrected chi connectivity index (χ0v) is 39.5. The van der Waals surface area contributed by atoms with Gasteiger partial charge in [0.25, 0.3) is 0 Å². The first-order valence-electron chi connectivity index (χ1n) is 24.8. The van der Waals surface area contributed by atoms with Crippen LogP contribution < -0.4 is 9.80 Å². The van der Waals surface area contributed by atoms with Gasteiger partial charge in [-0.3, -0.25) is 0 Å². The fourth-order valence-electron chi connectivity index (χ4n) is 11.7. The minimum atomic E-state index is 1.11. The number of anilines is 6. The van der Waals surface area contributed by atoms with Crippen molar-refractivity contribution >= 4 is 77.2 Å². The van der Waals surface area contributed by atoms with Crippen LogP contribution in [-0.4, -0.2) is 0 Å². The number of benzene rings is 13. The van der Waals surface area contributed by atoms with Gasteiger partial charge in [-0.1, -0.05) is 231 Å². The smallest absolute Gasteiger partial charge is 0.0703 e. The molecule has 14 rings (SSSR count). The van der Waals surface area contributed by atoms with Gasteiger partial charge in [-0.25, -0.2) is 0 Å². The molecule has 0 aliphatic carbocycles. The molecule has 0 aromatic heterocycles. The van der Waals surface area contributed by atoms with Crippen LogP contribution in [-0.2, 0) is 0 Å². The van der Waals surface area contributed by atoms with Crippen molar-refractivity contribution in [3.63, 3.8) is 0 Å². The molecule has 0 amide bonds. The molecule has 0 fully saturated rings. The van der Waals surface area contributed by atoms with E-state index < -0.39 is 0 Å². The summed E-state index contributed by atoms with van der Waals surface area (Å²) in [5.74, 6) is 0. The molecule has 0 spiro atoms. The van der Waals surface area contributed by atoms with Crippen molar-refractivity contribution in [3.8, 4) is 55.6 Å². The number of hydrogen-bond donors (Lipinski definition) is 0. The van der Waals surface area contributed by atoms with Crippen molar-refractivity contribution in [2.24, 2.45) is 0 Å². The Kier molecular flexibility index (Phi) is 9.89. The van der Waals surface area contributed by atoms with Gasteiger partial charge in [0.15, 0.2) is 0 Å². The second-order valence-corrected chi connectivity index (χ2v) is 18.7. The minimum Gasteiger partial charge on any atom is -0.306 e. The highest BCUT2D eigenvalue weighted by Gasteiger charge is 2.30. The second kappa shape index (κ2) is 17.2. The number of para-hydroxylation sites is 5. The third-order valence-electron chi connectivity index (χ3n) is 14.8. The van der Waals surface area contributed by atoms with E-state index in [0.717, 1.165) is 34.1 Å². The molecule has 0 N–H and O–H groups in total. The molecule has 2 nitrogen and oxygen atoms in total. The van der Waals surface area contributed by atoms with E-state index in [1.807, 2.05) is 0 Å². The summed E-state index contributed by atoms with van der Waals surface area (Å²) in [6.07, 6.45) is 0. The number of rotatable bonds is 7. The van der Waals surface area contributed by atoms with E-state index in [1.54, 1.807) is 0 Å². The van der Waals surface area contributed by atoms with E-state index in [2.05, 4.69) is 289 Å². The molecule has 1 heterocycles. The third-order valence-corrected chi connectivity index (χ3v) is 14.8. The minimum absolute atomic E-state index is 1.11. The zero-order valence-electron chi connectivity index (χ0n) is 39.5. The fraction of sp³-hybridized carbons (Fsp3) is 0. The summed E-state index contributed by atoms with van der Waals surface area (Å²) in [5, 5.41) is 9.93. The van der Waals surface area contributed by atoms with Gasteiger partial charge in [-0.05, 0) is 147 Å². The lowest BCUT2D eigenvalue weighted by Crippen LogP contribution is -2.23. The van der Waals surface area contributed by atoms with E-state index in [1.165, 1.54) is 98.7 Å². The highest BCUT2D eigenvalue weighted by molar-refractivity contribution is 6.24. The van der Waals surface area contributed by atoms with Crippen LogP contribution in [0.25, 0.3) is 98.7 Å². The maximum Gasteiger partial charge on any atom is 0.0703 e. The van der Waals surface area contributed by atoms with Crippen molar-refractivity contribution < 1.29 is 0 Å². The van der Waals surface area contributed by atoms with Crippen LogP contribution in [0.2, 0.25) is 0 Å². The summed E-state index contributed by atoms with van der Waals surface area (Å²) in [6, 6.07) is 102. The van der Waals surface area contributed by atoms with Crippen molar-refractivity contribution in [3.05, 3.63) is 279 Å². The standard InChI is InChI=1S/C70H46N2/c1-3-21-47(22-4-1)53-25-7-8-26-54(53)70-61-33-15-13-31-59(61)68(60-32-14-16-34-62(60)70)49-41-39-48(40-42-49)67-55-27-9-11-29-57(55)69(58-30-12-10-28-56(58)67)50-43-45-52(46-44-50)72-65-37-19-17-35-63(65)71(51-23-5-2-6-24-51)64-36-18-20-38-66(64)72/h1-46H. The molecule has 1 aliphatic heterocycles. The molecule has 0 unspecified atom stereocenters. The molecule has 0 saturated heterocycles. The molecule has 0 radical (unpaired) electrons. The van der Waals surface area contributed by atoms with Gasteiger partial charge >= 0.3 is 0 Å². The predicted molar refractivity (Wildman–Crippen MR) is 307 cm³/mol. The van der Waals surface area contributed by atoms with Crippen LogP contribution in [0.4, 0.5) is 34.1 Å². The molecule has 0 bridgehead atoms. The largest absolute Gasteiger partial charge is 0.306 e. The summed E-state index contributed by atoms with van der Waals surface area (Å²) < 4.78 is 0. The molecule has 2 heteroatoms. The van der Waals surface area contributed by atoms with E-state index in [4.69, 9.17) is 0 Å². The highest BCUT2D eigenvalue weighted by atomic mass is 15.3. The Morgan fingerprint density at radius 3 is 0.806 bits per heavy atom. The summed E-state index contributed by atoms with van der Waals surface area (Å²) in [4.78, 5) is 4.78. The molecular weight excluding hydrogens is 869 g/mol.